The number of amides is 1. The summed E-state index contributed by atoms with van der Waals surface area (Å²) in [6.45, 7) is 0. The van der Waals surface area contributed by atoms with Gasteiger partial charge in [0.25, 0.3) is 0 Å². The fraction of sp³-hybridized carbons (Fsp3) is 0.500. The van der Waals surface area contributed by atoms with Crippen LogP contribution in [-0.2, 0) is 18.9 Å². The molecule has 1 atom stereocenters. The summed E-state index contributed by atoms with van der Waals surface area (Å²) in [5, 5.41) is 18.5. The zero-order chi connectivity index (χ0) is 12.9. The van der Waals surface area contributed by atoms with Gasteiger partial charge in [0.1, 0.15) is 12.2 Å². The summed E-state index contributed by atoms with van der Waals surface area (Å²) < 4.78 is 10.4. The van der Waals surface area contributed by atoms with Crippen molar-refractivity contribution in [1.82, 2.24) is 5.32 Å². The topological polar surface area (TPSA) is 161 Å². The van der Waals surface area contributed by atoms with Gasteiger partial charge >= 0.3 is 78.6 Å². The molecule has 0 aromatic heterocycles. The van der Waals surface area contributed by atoms with E-state index in [4.69, 9.17) is 20.0 Å². The number of hydrogen-bond donors (Lipinski definition) is 5. The van der Waals surface area contributed by atoms with E-state index in [0.717, 1.165) is 0 Å². The fourth-order valence-electron chi connectivity index (χ4n) is 0.802. The van der Waals surface area contributed by atoms with Crippen LogP contribution < -0.4 is 64.4 Å². The Morgan fingerprint density at radius 3 is 1.89 bits per heavy atom. The minimum Gasteiger partial charge on any atom is -1.00 e. The SMILES string of the molecule is O=C(O)C[C@H](NC(=O)CP(=O)(O)O)C(=O)O.[H-].[H-].[Na+].[Na+]. The van der Waals surface area contributed by atoms with Gasteiger partial charge in [0.05, 0.1) is 6.42 Å². The second-order valence-electron chi connectivity index (χ2n) is 2.88. The number of hydrogen-bond acceptors (Lipinski definition) is 4. The number of carboxylic acids is 2. The van der Waals surface area contributed by atoms with E-state index in [1.165, 1.54) is 0 Å². The van der Waals surface area contributed by atoms with Gasteiger partial charge in [0, 0.05) is 0 Å². The van der Waals surface area contributed by atoms with Crippen molar-refractivity contribution in [2.24, 2.45) is 0 Å². The minimum atomic E-state index is -4.59. The Balaban J connectivity index is -0.000000187. The van der Waals surface area contributed by atoms with Gasteiger partial charge in [0.15, 0.2) is 0 Å². The van der Waals surface area contributed by atoms with Crippen LogP contribution in [0.3, 0.4) is 0 Å². The first-order chi connectivity index (χ1) is 7.11. The van der Waals surface area contributed by atoms with Crippen molar-refractivity contribution in [3.63, 3.8) is 0 Å². The van der Waals surface area contributed by atoms with Crippen LogP contribution in [-0.4, -0.2) is 50.0 Å². The monoisotopic (exact) mass is 303 g/mol. The molecule has 0 saturated heterocycles. The van der Waals surface area contributed by atoms with Crippen LogP contribution in [0.2, 0.25) is 0 Å². The predicted molar refractivity (Wildman–Crippen MR) is 51.0 cm³/mol. The molecule has 0 radical (unpaired) electrons. The molecule has 0 aliphatic rings. The van der Waals surface area contributed by atoms with Crippen molar-refractivity contribution in [2.75, 3.05) is 6.16 Å². The maximum Gasteiger partial charge on any atom is 1.00 e. The molecule has 0 fully saturated rings. The second-order valence-corrected chi connectivity index (χ2v) is 4.52. The minimum absolute atomic E-state index is 0. The van der Waals surface area contributed by atoms with Gasteiger partial charge in [-0.2, -0.15) is 0 Å². The maximum absolute atomic E-state index is 10.9. The Labute approximate surface area is 149 Å². The maximum atomic E-state index is 10.9. The zero-order valence-corrected chi connectivity index (χ0v) is 14.8. The van der Waals surface area contributed by atoms with Crippen LogP contribution >= 0.6 is 7.60 Å². The van der Waals surface area contributed by atoms with Gasteiger partial charge in [-0.25, -0.2) is 4.79 Å². The van der Waals surface area contributed by atoms with E-state index in [0.29, 0.717) is 0 Å². The number of carbonyl (C=O) groups is 3. The predicted octanol–water partition coefficient (Wildman–Crippen LogP) is -7.56. The Morgan fingerprint density at radius 2 is 1.61 bits per heavy atom. The Kier molecular flexibility index (Phi) is 13.6. The molecule has 0 unspecified atom stereocenters. The normalized spacial score (nSPS) is 11.4. The summed E-state index contributed by atoms with van der Waals surface area (Å²) in [6.07, 6.45) is -2.06. The molecule has 0 aliphatic carbocycles. The molecule has 0 spiro atoms. The standard InChI is InChI=1S/C6H10NO8P.2Na.2H/c8-4(2-16(13,14)15)7-3(6(11)12)1-5(9)10;;;;/h3H,1-2H2,(H,7,8)(H,9,10)(H,11,12)(H2,13,14,15);;;;/q;2*+1;2*-1/t3-;;;;/m0..../s1. The molecule has 18 heavy (non-hydrogen) atoms. The van der Waals surface area contributed by atoms with Crippen molar-refractivity contribution in [1.29, 1.82) is 0 Å². The van der Waals surface area contributed by atoms with Crippen molar-refractivity contribution in [3.05, 3.63) is 0 Å². The molecular formula is C6H12NNa2O8P. The third-order valence-corrected chi connectivity index (χ3v) is 2.06. The molecule has 96 valence electrons. The van der Waals surface area contributed by atoms with Crippen molar-refractivity contribution in [2.45, 2.75) is 12.5 Å². The van der Waals surface area contributed by atoms with Crippen molar-refractivity contribution < 1.29 is 101 Å². The third-order valence-electron chi connectivity index (χ3n) is 1.36. The summed E-state index contributed by atoms with van der Waals surface area (Å²) in [5.74, 6) is -4.27. The summed E-state index contributed by atoms with van der Waals surface area (Å²) in [5.41, 5.74) is 0. The second kappa shape index (κ2) is 10.4. The molecule has 0 aromatic rings. The van der Waals surface area contributed by atoms with Crippen LogP contribution in [0.1, 0.15) is 9.27 Å². The summed E-state index contributed by atoms with van der Waals surface area (Å²) in [7, 11) is -4.59. The van der Waals surface area contributed by atoms with Crippen LogP contribution in [0.4, 0.5) is 0 Å². The number of nitrogens with one attached hydrogen (secondary N) is 1. The first-order valence-corrected chi connectivity index (χ1v) is 5.70. The molecule has 0 aromatic carbocycles. The van der Waals surface area contributed by atoms with Gasteiger partial charge in [0.2, 0.25) is 5.91 Å². The van der Waals surface area contributed by atoms with E-state index in [1.807, 2.05) is 0 Å². The van der Waals surface area contributed by atoms with Crippen molar-refractivity contribution >= 4 is 25.4 Å². The largest absolute Gasteiger partial charge is 1.00 e. The average molecular weight is 303 g/mol. The molecule has 0 heterocycles. The van der Waals surface area contributed by atoms with Crippen LogP contribution in [0.25, 0.3) is 0 Å². The molecule has 0 bridgehead atoms. The summed E-state index contributed by atoms with van der Waals surface area (Å²) in [4.78, 5) is 48.4. The van der Waals surface area contributed by atoms with Gasteiger partial charge in [-0.15, -0.1) is 0 Å². The van der Waals surface area contributed by atoms with E-state index in [1.54, 1.807) is 5.32 Å². The Hall–Kier alpha value is 0.560. The van der Waals surface area contributed by atoms with Crippen LogP contribution in [0.15, 0.2) is 0 Å². The first-order valence-electron chi connectivity index (χ1n) is 3.90. The van der Waals surface area contributed by atoms with E-state index in [-0.39, 0.29) is 62.0 Å². The number of aliphatic carboxylic acids is 2. The molecule has 12 heteroatoms. The van der Waals surface area contributed by atoms with E-state index in [2.05, 4.69) is 0 Å². The number of carboxylic acid groups (broad SMARTS) is 2. The van der Waals surface area contributed by atoms with Gasteiger partial charge in [-0.1, -0.05) is 0 Å². The zero-order valence-electron chi connectivity index (χ0n) is 11.9. The summed E-state index contributed by atoms with van der Waals surface area (Å²) in [6, 6.07) is -1.71. The van der Waals surface area contributed by atoms with E-state index >= 15 is 0 Å². The van der Waals surface area contributed by atoms with E-state index in [9.17, 15) is 18.9 Å². The average Bonchev–Trinajstić information content (AvgIpc) is 1.97. The number of carbonyl (C=O) groups excluding carboxylic acids is 1. The molecule has 5 N–H and O–H groups in total. The van der Waals surface area contributed by atoms with Gasteiger partial charge in [-0.05, 0) is 0 Å². The quantitative estimate of drug-likeness (QED) is 0.239. The molecule has 0 saturated carbocycles. The first kappa shape index (κ1) is 23.6. The van der Waals surface area contributed by atoms with Crippen LogP contribution in [0.5, 0.6) is 0 Å². The third kappa shape index (κ3) is 13.0. The smallest absolute Gasteiger partial charge is 1.00 e. The fourth-order valence-corrected chi connectivity index (χ4v) is 1.27. The molecule has 0 aliphatic heterocycles. The van der Waals surface area contributed by atoms with E-state index < -0.39 is 44.1 Å². The summed E-state index contributed by atoms with van der Waals surface area (Å²) >= 11 is 0. The molecule has 9 nitrogen and oxygen atoms in total. The van der Waals surface area contributed by atoms with Crippen molar-refractivity contribution in [3.8, 4) is 0 Å². The van der Waals surface area contributed by atoms with Gasteiger partial charge < -0.3 is 28.2 Å². The van der Waals surface area contributed by atoms with Crippen LogP contribution in [0, 0.1) is 0 Å². The molecular weight excluding hydrogens is 291 g/mol. The number of rotatable bonds is 6. The van der Waals surface area contributed by atoms with Gasteiger partial charge in [-0.3, -0.25) is 14.2 Å². The molecule has 1 amide bonds. The molecule has 0 rings (SSSR count). The Morgan fingerprint density at radius 1 is 1.17 bits per heavy atom. The Bertz CT molecular complexity index is 365.